The molecule has 2 heteroatoms. The highest BCUT2D eigenvalue weighted by molar-refractivity contribution is 6.39. The Bertz CT molecular complexity index is 3120. The first-order valence-electron chi connectivity index (χ1n) is 14.7. The Morgan fingerprint density at radius 3 is 1.55 bits per heavy atom. The van der Waals surface area contributed by atoms with E-state index in [1.54, 1.807) is 0 Å². The van der Waals surface area contributed by atoms with Crippen LogP contribution in [0.5, 0.6) is 0 Å². The van der Waals surface area contributed by atoms with Crippen molar-refractivity contribution >= 4 is 109 Å². The molecule has 0 fully saturated rings. The summed E-state index contributed by atoms with van der Waals surface area (Å²) in [6.07, 6.45) is 0. The first-order chi connectivity index (χ1) is 20.9. The van der Waals surface area contributed by atoms with Crippen molar-refractivity contribution in [2.45, 2.75) is 0 Å². The second-order valence-electron chi connectivity index (χ2n) is 12.1. The van der Waals surface area contributed by atoms with E-state index >= 15 is 0 Å². The highest BCUT2D eigenvalue weighted by Gasteiger charge is 2.23. The highest BCUT2D eigenvalue weighted by atomic mass is 14.9. The van der Waals surface area contributed by atoms with Crippen LogP contribution in [0, 0.1) is 0 Å². The number of benzene rings is 8. The third-order valence-electron chi connectivity index (χ3n) is 10.3. The maximum absolute atomic E-state index is 2.53. The molecule has 0 radical (unpaired) electrons. The Morgan fingerprint density at radius 2 is 0.786 bits per heavy atom. The van der Waals surface area contributed by atoms with Crippen molar-refractivity contribution in [2.75, 3.05) is 0 Å². The van der Waals surface area contributed by atoms with E-state index in [9.17, 15) is 0 Å². The predicted octanol–water partition coefficient (Wildman–Crippen LogP) is 10.9. The smallest absolute Gasteiger partial charge is 0.0620 e. The minimum atomic E-state index is 1.28. The van der Waals surface area contributed by atoms with Gasteiger partial charge in [0.05, 0.1) is 33.1 Å². The molecule has 0 saturated carbocycles. The molecule has 0 aliphatic rings. The number of nitrogens with zero attached hydrogens (tertiary/aromatic N) is 2. The van der Waals surface area contributed by atoms with Crippen molar-refractivity contribution in [1.82, 2.24) is 8.80 Å². The predicted molar refractivity (Wildman–Crippen MR) is 179 cm³/mol. The summed E-state index contributed by atoms with van der Waals surface area (Å²) in [6.45, 7) is 0. The third kappa shape index (κ3) is 2.00. The average Bonchev–Trinajstić information content (AvgIpc) is 3.76. The molecule has 0 unspecified atom stereocenters. The largest absolute Gasteiger partial charge is 0.308 e. The van der Waals surface area contributed by atoms with E-state index in [0.717, 1.165) is 0 Å². The molecule has 0 amide bonds. The molecule has 0 atom stereocenters. The van der Waals surface area contributed by atoms with Crippen LogP contribution in [0.4, 0.5) is 0 Å². The minimum absolute atomic E-state index is 1.28. The zero-order valence-electron chi connectivity index (χ0n) is 22.4. The van der Waals surface area contributed by atoms with E-state index in [0.29, 0.717) is 0 Å². The highest BCUT2D eigenvalue weighted by Crippen LogP contribution is 2.48. The van der Waals surface area contributed by atoms with Crippen LogP contribution in [0.15, 0.2) is 121 Å². The lowest BCUT2D eigenvalue weighted by molar-refractivity contribution is 1.37. The summed E-state index contributed by atoms with van der Waals surface area (Å²) >= 11 is 0. The van der Waals surface area contributed by atoms with Gasteiger partial charge in [0.1, 0.15) is 0 Å². The van der Waals surface area contributed by atoms with Gasteiger partial charge in [-0.3, -0.25) is 0 Å². The molecule has 0 aliphatic heterocycles. The third-order valence-corrected chi connectivity index (χ3v) is 10.3. The molecule has 4 heterocycles. The summed E-state index contributed by atoms with van der Waals surface area (Å²) in [7, 11) is 0. The SMILES string of the molecule is c1ccc2c(c1)c1cccc3c4c5ccc6c7c(ccc(cc4n2c13)c57)cc1c2cccc3c4ccccc4n(c32)c16. The van der Waals surface area contributed by atoms with E-state index < -0.39 is 0 Å². The second-order valence-corrected chi connectivity index (χ2v) is 12.1. The maximum atomic E-state index is 2.53. The van der Waals surface area contributed by atoms with Crippen molar-refractivity contribution in [2.24, 2.45) is 0 Å². The van der Waals surface area contributed by atoms with Crippen LogP contribution < -0.4 is 0 Å². The van der Waals surface area contributed by atoms with Crippen molar-refractivity contribution in [3.63, 3.8) is 0 Å². The molecule has 2 nitrogen and oxygen atoms in total. The van der Waals surface area contributed by atoms with Gasteiger partial charge in [0.25, 0.3) is 0 Å². The normalized spacial score (nSPS) is 13.2. The molecule has 8 aromatic carbocycles. The van der Waals surface area contributed by atoms with Crippen LogP contribution in [-0.4, -0.2) is 8.80 Å². The summed E-state index contributed by atoms with van der Waals surface area (Å²) in [6, 6.07) is 45.7. The number of fused-ring (bicyclic) bond motifs is 14. The molecular formula is C40H20N2. The van der Waals surface area contributed by atoms with Gasteiger partial charge in [-0.05, 0) is 51.2 Å². The van der Waals surface area contributed by atoms with Gasteiger partial charge in [0, 0.05) is 48.5 Å². The summed E-state index contributed by atoms with van der Waals surface area (Å²) in [5.41, 5.74) is 7.86. The van der Waals surface area contributed by atoms with E-state index in [1.807, 2.05) is 0 Å². The Balaban J connectivity index is 1.37. The van der Waals surface area contributed by atoms with Crippen LogP contribution in [-0.2, 0) is 0 Å². The molecule has 4 aromatic heterocycles. The minimum Gasteiger partial charge on any atom is -0.308 e. The zero-order valence-corrected chi connectivity index (χ0v) is 22.4. The van der Waals surface area contributed by atoms with Gasteiger partial charge in [0.2, 0.25) is 0 Å². The number of para-hydroxylation sites is 4. The number of hydrogen-bond donors (Lipinski definition) is 0. The summed E-state index contributed by atoms with van der Waals surface area (Å²) in [4.78, 5) is 0. The van der Waals surface area contributed by atoms with Gasteiger partial charge >= 0.3 is 0 Å². The van der Waals surface area contributed by atoms with Crippen LogP contribution in [0.2, 0.25) is 0 Å². The molecule has 0 saturated heterocycles. The van der Waals surface area contributed by atoms with E-state index in [2.05, 4.69) is 130 Å². The average molecular weight is 529 g/mol. The van der Waals surface area contributed by atoms with E-state index in [1.165, 1.54) is 109 Å². The quantitative estimate of drug-likeness (QED) is 0.173. The standard InChI is InChI=1S/C40H20N2/c1-3-13-32-23(7-1)26-10-6-12-29-37-28-17-18-30-36-21(15-16-22(35(28)36)20-34(37)41(32)39(26)29)19-31-27-11-5-9-25-24-8-2-4-14-33(24)42(38(25)27)40(30)31/h1-20H. The van der Waals surface area contributed by atoms with Crippen LogP contribution in [0.3, 0.4) is 0 Å². The number of rotatable bonds is 0. The van der Waals surface area contributed by atoms with E-state index in [-0.39, 0.29) is 0 Å². The fourth-order valence-corrected chi connectivity index (χ4v) is 8.77. The molecule has 190 valence electrons. The summed E-state index contributed by atoms with van der Waals surface area (Å²) < 4.78 is 5.03. The number of hydrogen-bond acceptors (Lipinski definition) is 0. The Morgan fingerprint density at radius 1 is 0.286 bits per heavy atom. The molecular weight excluding hydrogens is 508 g/mol. The zero-order chi connectivity index (χ0) is 26.8. The van der Waals surface area contributed by atoms with Gasteiger partial charge < -0.3 is 8.80 Å². The molecule has 0 N–H and O–H groups in total. The summed E-state index contributed by atoms with van der Waals surface area (Å²) in [5.74, 6) is 0. The Labute approximate surface area is 238 Å². The molecule has 0 spiro atoms. The second kappa shape index (κ2) is 6.48. The Kier molecular flexibility index (Phi) is 3.13. The fourth-order valence-electron chi connectivity index (χ4n) is 8.77. The maximum Gasteiger partial charge on any atom is 0.0620 e. The van der Waals surface area contributed by atoms with E-state index in [4.69, 9.17) is 0 Å². The van der Waals surface area contributed by atoms with Crippen LogP contribution in [0.1, 0.15) is 0 Å². The lowest BCUT2D eigenvalue weighted by atomic mass is 9.90. The first kappa shape index (κ1) is 20.3. The van der Waals surface area contributed by atoms with Gasteiger partial charge in [-0.2, -0.15) is 0 Å². The molecule has 12 aromatic rings. The van der Waals surface area contributed by atoms with Gasteiger partial charge in [0.15, 0.2) is 0 Å². The van der Waals surface area contributed by atoms with Crippen molar-refractivity contribution < 1.29 is 0 Å². The van der Waals surface area contributed by atoms with Gasteiger partial charge in [-0.25, -0.2) is 0 Å². The monoisotopic (exact) mass is 528 g/mol. The van der Waals surface area contributed by atoms with Crippen LogP contribution >= 0.6 is 0 Å². The van der Waals surface area contributed by atoms with Crippen LogP contribution in [0.25, 0.3) is 109 Å². The van der Waals surface area contributed by atoms with Crippen molar-refractivity contribution in [1.29, 1.82) is 0 Å². The molecule has 12 rings (SSSR count). The molecule has 0 bridgehead atoms. The van der Waals surface area contributed by atoms with Gasteiger partial charge in [-0.15, -0.1) is 0 Å². The lowest BCUT2D eigenvalue weighted by Gasteiger charge is -2.14. The number of aromatic nitrogens is 2. The summed E-state index contributed by atoms with van der Waals surface area (Å²) in [5, 5.41) is 18.7. The fraction of sp³-hybridized carbons (Fsp3) is 0. The molecule has 0 aliphatic carbocycles. The van der Waals surface area contributed by atoms with Gasteiger partial charge in [-0.1, -0.05) is 97.1 Å². The molecule has 42 heavy (non-hydrogen) atoms. The van der Waals surface area contributed by atoms with Crippen molar-refractivity contribution in [3.05, 3.63) is 121 Å². The van der Waals surface area contributed by atoms with Crippen molar-refractivity contribution in [3.8, 4) is 0 Å². The lowest BCUT2D eigenvalue weighted by Crippen LogP contribution is -1.89. The first-order valence-corrected chi connectivity index (χ1v) is 14.7. The Hall–Kier alpha value is -5.60. The topological polar surface area (TPSA) is 8.82 Å².